The van der Waals surface area contributed by atoms with Crippen molar-refractivity contribution in [1.82, 2.24) is 10.2 Å². The van der Waals surface area contributed by atoms with Crippen molar-refractivity contribution < 1.29 is 4.74 Å². The third-order valence-corrected chi connectivity index (χ3v) is 4.22. The van der Waals surface area contributed by atoms with Gasteiger partial charge in [-0.1, -0.05) is 30.3 Å². The van der Waals surface area contributed by atoms with Gasteiger partial charge in [-0.3, -0.25) is 4.90 Å². The van der Waals surface area contributed by atoms with E-state index in [4.69, 9.17) is 4.74 Å². The third-order valence-electron chi connectivity index (χ3n) is 4.22. The lowest BCUT2D eigenvalue weighted by molar-refractivity contribution is -0.0470. The number of rotatable bonds is 6. The molecule has 2 unspecified atom stereocenters. The molecule has 1 saturated heterocycles. The number of hydrogen-bond acceptors (Lipinski definition) is 3. The molecule has 1 aliphatic heterocycles. The first-order valence-electron chi connectivity index (χ1n) is 8.15. The van der Waals surface area contributed by atoms with Gasteiger partial charge in [0.2, 0.25) is 0 Å². The summed E-state index contributed by atoms with van der Waals surface area (Å²) in [4.78, 5) is 2.57. The van der Waals surface area contributed by atoms with Gasteiger partial charge in [-0.15, -0.1) is 0 Å². The molecule has 1 aromatic rings. The van der Waals surface area contributed by atoms with E-state index >= 15 is 0 Å². The van der Waals surface area contributed by atoms with E-state index in [9.17, 15) is 0 Å². The molecule has 1 fully saturated rings. The molecule has 118 valence electrons. The molecule has 1 aliphatic rings. The van der Waals surface area contributed by atoms with Gasteiger partial charge in [-0.25, -0.2) is 0 Å². The highest BCUT2D eigenvalue weighted by molar-refractivity contribution is 5.16. The molecule has 3 heteroatoms. The first-order valence-corrected chi connectivity index (χ1v) is 8.15. The van der Waals surface area contributed by atoms with E-state index in [0.29, 0.717) is 12.1 Å². The van der Waals surface area contributed by atoms with Crippen LogP contribution in [0.1, 0.15) is 33.3 Å². The van der Waals surface area contributed by atoms with Crippen LogP contribution in [0.25, 0.3) is 0 Å². The van der Waals surface area contributed by atoms with Crippen LogP contribution in [0.15, 0.2) is 30.3 Å². The van der Waals surface area contributed by atoms with Gasteiger partial charge in [0, 0.05) is 38.3 Å². The summed E-state index contributed by atoms with van der Waals surface area (Å²) in [6.07, 6.45) is 1.10. The predicted molar refractivity (Wildman–Crippen MR) is 88.7 cm³/mol. The van der Waals surface area contributed by atoms with E-state index in [1.165, 1.54) is 5.56 Å². The lowest BCUT2D eigenvalue weighted by atomic mass is 10.00. The fraction of sp³-hybridized carbons (Fsp3) is 0.667. The molecule has 0 spiro atoms. The van der Waals surface area contributed by atoms with Crippen LogP contribution in [-0.4, -0.2) is 48.8 Å². The normalized spacial score (nSPS) is 24.2. The maximum atomic E-state index is 5.87. The van der Waals surface area contributed by atoms with Crippen molar-refractivity contribution >= 4 is 0 Å². The van der Waals surface area contributed by atoms with Gasteiger partial charge in [-0.05, 0) is 39.7 Å². The predicted octanol–water partition coefficient (Wildman–Crippen LogP) is 2.71. The molecule has 2 atom stereocenters. The molecule has 1 heterocycles. The van der Waals surface area contributed by atoms with Crippen LogP contribution in [0, 0.1) is 0 Å². The average Bonchev–Trinajstić information content (AvgIpc) is 2.43. The van der Waals surface area contributed by atoms with Gasteiger partial charge in [0.15, 0.2) is 0 Å². The first kappa shape index (κ1) is 16.5. The molecular weight excluding hydrogens is 260 g/mol. The van der Waals surface area contributed by atoms with Crippen molar-refractivity contribution in [3.05, 3.63) is 35.9 Å². The second-order valence-electron chi connectivity index (χ2n) is 6.77. The fourth-order valence-electron chi connectivity index (χ4n) is 3.18. The van der Waals surface area contributed by atoms with E-state index in [-0.39, 0.29) is 5.60 Å². The van der Waals surface area contributed by atoms with Crippen molar-refractivity contribution in [1.29, 1.82) is 0 Å². The Labute approximate surface area is 129 Å². The zero-order valence-corrected chi connectivity index (χ0v) is 13.9. The zero-order chi connectivity index (χ0) is 15.3. The summed E-state index contributed by atoms with van der Waals surface area (Å²) in [6.45, 7) is 12.7. The molecule has 3 nitrogen and oxygen atoms in total. The highest BCUT2D eigenvalue weighted by Gasteiger charge is 2.30. The molecule has 1 aromatic carbocycles. The fourth-order valence-corrected chi connectivity index (χ4v) is 3.18. The Balaban J connectivity index is 1.93. The Kier molecular flexibility index (Phi) is 5.80. The van der Waals surface area contributed by atoms with E-state index in [0.717, 1.165) is 32.7 Å². The van der Waals surface area contributed by atoms with Crippen LogP contribution in [0.5, 0.6) is 0 Å². The maximum absolute atomic E-state index is 5.87. The summed E-state index contributed by atoms with van der Waals surface area (Å²) in [7, 11) is 0. The van der Waals surface area contributed by atoms with Crippen molar-refractivity contribution in [3.63, 3.8) is 0 Å². The Morgan fingerprint density at radius 2 is 2.00 bits per heavy atom. The van der Waals surface area contributed by atoms with Crippen LogP contribution in [0.2, 0.25) is 0 Å². The van der Waals surface area contributed by atoms with Crippen molar-refractivity contribution in [2.45, 2.75) is 51.8 Å². The Hall–Kier alpha value is -0.900. The zero-order valence-electron chi connectivity index (χ0n) is 13.9. The van der Waals surface area contributed by atoms with E-state index in [2.05, 4.69) is 68.2 Å². The number of nitrogens with one attached hydrogen (secondary N) is 1. The van der Waals surface area contributed by atoms with Crippen LogP contribution < -0.4 is 5.32 Å². The van der Waals surface area contributed by atoms with Crippen molar-refractivity contribution in [2.75, 3.05) is 26.2 Å². The highest BCUT2D eigenvalue weighted by atomic mass is 16.5. The van der Waals surface area contributed by atoms with E-state index < -0.39 is 0 Å². The molecule has 0 aromatic heterocycles. The van der Waals surface area contributed by atoms with Gasteiger partial charge in [0.25, 0.3) is 0 Å². The number of hydrogen-bond donors (Lipinski definition) is 1. The average molecular weight is 290 g/mol. The van der Waals surface area contributed by atoms with Crippen LogP contribution in [0.4, 0.5) is 0 Å². The number of piperazine rings is 1. The highest BCUT2D eigenvalue weighted by Crippen LogP contribution is 2.17. The molecule has 2 rings (SSSR count). The van der Waals surface area contributed by atoms with Gasteiger partial charge in [0.05, 0.1) is 5.60 Å². The van der Waals surface area contributed by atoms with Crippen LogP contribution in [0.3, 0.4) is 0 Å². The molecule has 0 bridgehead atoms. The molecular formula is C18H30N2O. The third kappa shape index (κ3) is 5.10. The molecule has 0 saturated carbocycles. The first-order chi connectivity index (χ1) is 10.00. The lowest BCUT2D eigenvalue weighted by Gasteiger charge is -2.42. The molecule has 0 amide bonds. The Bertz CT molecular complexity index is 418. The largest absolute Gasteiger partial charge is 0.375 e. The quantitative estimate of drug-likeness (QED) is 0.872. The summed E-state index contributed by atoms with van der Waals surface area (Å²) in [5.41, 5.74) is 1.34. The van der Waals surface area contributed by atoms with Crippen LogP contribution in [-0.2, 0) is 11.2 Å². The maximum Gasteiger partial charge on any atom is 0.0752 e. The minimum atomic E-state index is -0.0718. The molecule has 0 radical (unpaired) electrons. The minimum Gasteiger partial charge on any atom is -0.375 e. The molecule has 21 heavy (non-hydrogen) atoms. The SMILES string of the molecule is CCOC(C)(C)CN1CC(Cc2ccccc2)NCC1C. The van der Waals surface area contributed by atoms with Gasteiger partial charge >= 0.3 is 0 Å². The van der Waals surface area contributed by atoms with E-state index in [1.807, 2.05) is 0 Å². The second kappa shape index (κ2) is 7.39. The number of benzene rings is 1. The summed E-state index contributed by atoms with van der Waals surface area (Å²) in [5.74, 6) is 0. The van der Waals surface area contributed by atoms with Gasteiger partial charge < -0.3 is 10.1 Å². The smallest absolute Gasteiger partial charge is 0.0752 e. The van der Waals surface area contributed by atoms with Crippen molar-refractivity contribution in [3.8, 4) is 0 Å². The summed E-state index contributed by atoms with van der Waals surface area (Å²) >= 11 is 0. The topological polar surface area (TPSA) is 24.5 Å². The Morgan fingerprint density at radius 3 is 2.67 bits per heavy atom. The number of ether oxygens (including phenoxy) is 1. The van der Waals surface area contributed by atoms with E-state index in [1.54, 1.807) is 0 Å². The minimum absolute atomic E-state index is 0.0718. The second-order valence-corrected chi connectivity index (χ2v) is 6.77. The summed E-state index contributed by atoms with van der Waals surface area (Å²) in [6, 6.07) is 11.9. The standard InChI is InChI=1S/C18H30N2O/c1-5-21-18(3,4)14-20-13-17(19-12-15(20)2)11-16-9-7-6-8-10-16/h6-10,15,17,19H,5,11-14H2,1-4H3. The summed E-state index contributed by atoms with van der Waals surface area (Å²) < 4.78 is 5.87. The summed E-state index contributed by atoms with van der Waals surface area (Å²) in [5, 5.41) is 3.68. The van der Waals surface area contributed by atoms with Gasteiger partial charge in [-0.2, -0.15) is 0 Å². The lowest BCUT2D eigenvalue weighted by Crippen LogP contribution is -2.59. The number of nitrogens with zero attached hydrogens (tertiary/aromatic N) is 1. The Morgan fingerprint density at radius 1 is 1.29 bits per heavy atom. The van der Waals surface area contributed by atoms with Gasteiger partial charge in [0.1, 0.15) is 0 Å². The van der Waals surface area contributed by atoms with Crippen molar-refractivity contribution in [2.24, 2.45) is 0 Å². The van der Waals surface area contributed by atoms with Crippen LogP contribution >= 0.6 is 0 Å². The molecule has 0 aliphatic carbocycles. The monoisotopic (exact) mass is 290 g/mol. The molecule has 1 N–H and O–H groups in total.